The summed E-state index contributed by atoms with van der Waals surface area (Å²) in [6, 6.07) is 10.5. The van der Waals surface area contributed by atoms with Crippen molar-refractivity contribution < 1.29 is 9.53 Å². The maximum absolute atomic E-state index is 12.1. The Hall–Kier alpha value is -1.55. The third kappa shape index (κ3) is 9.66. The molecule has 1 aromatic rings. The number of hydrogen-bond donors (Lipinski definition) is 1. The molecule has 1 aliphatic heterocycles. The van der Waals surface area contributed by atoms with Crippen molar-refractivity contribution in [3.8, 4) is 0 Å². The molecule has 0 aromatic heterocycles. The van der Waals surface area contributed by atoms with Crippen molar-refractivity contribution >= 4 is 36.0 Å². The molecule has 7 nitrogen and oxygen atoms in total. The van der Waals surface area contributed by atoms with Gasteiger partial charge in [-0.25, -0.2) is 4.79 Å². The van der Waals surface area contributed by atoms with Gasteiger partial charge in [-0.2, -0.15) is 0 Å². The molecule has 0 saturated carbocycles. The van der Waals surface area contributed by atoms with Crippen LogP contribution in [0.1, 0.15) is 32.8 Å². The highest BCUT2D eigenvalue weighted by Crippen LogP contribution is 2.12. The first-order valence-corrected chi connectivity index (χ1v) is 10.00. The summed E-state index contributed by atoms with van der Waals surface area (Å²) in [5.41, 5.74) is 6.99. The van der Waals surface area contributed by atoms with Crippen LogP contribution in [0.15, 0.2) is 35.3 Å². The Morgan fingerprint density at radius 3 is 2.31 bits per heavy atom. The number of halogens is 1. The molecule has 29 heavy (non-hydrogen) atoms. The van der Waals surface area contributed by atoms with Gasteiger partial charge in [-0.15, -0.1) is 24.0 Å². The van der Waals surface area contributed by atoms with Gasteiger partial charge in [-0.1, -0.05) is 30.3 Å². The second kappa shape index (κ2) is 12.2. The lowest BCUT2D eigenvalue weighted by molar-refractivity contribution is 0.0186. The average Bonchev–Trinajstić information content (AvgIpc) is 2.64. The van der Waals surface area contributed by atoms with Gasteiger partial charge in [0.05, 0.1) is 0 Å². The first-order chi connectivity index (χ1) is 13.2. The van der Waals surface area contributed by atoms with Crippen LogP contribution in [0.5, 0.6) is 0 Å². The summed E-state index contributed by atoms with van der Waals surface area (Å²) >= 11 is 0. The van der Waals surface area contributed by atoms with Crippen LogP contribution < -0.4 is 5.73 Å². The number of guanidine groups is 1. The molecule has 0 bridgehead atoms. The van der Waals surface area contributed by atoms with E-state index in [1.54, 1.807) is 4.90 Å². The van der Waals surface area contributed by atoms with Crippen LogP contribution in [0.3, 0.4) is 0 Å². The lowest BCUT2D eigenvalue weighted by Gasteiger charge is -2.36. The zero-order valence-corrected chi connectivity index (χ0v) is 20.5. The van der Waals surface area contributed by atoms with E-state index in [4.69, 9.17) is 10.5 Å². The lowest BCUT2D eigenvalue weighted by Crippen LogP contribution is -2.53. The molecular formula is C21H36IN5O2. The van der Waals surface area contributed by atoms with Crippen LogP contribution in [0.2, 0.25) is 0 Å². The molecule has 8 heteroatoms. The number of benzene rings is 1. The summed E-state index contributed by atoms with van der Waals surface area (Å²) in [6.07, 6.45) is 0.700. The molecule has 1 heterocycles. The number of amides is 1. The molecule has 0 atom stereocenters. The Labute approximate surface area is 192 Å². The molecule has 1 aromatic carbocycles. The largest absolute Gasteiger partial charge is 0.444 e. The van der Waals surface area contributed by atoms with Gasteiger partial charge in [0.15, 0.2) is 5.96 Å². The van der Waals surface area contributed by atoms with Crippen molar-refractivity contribution in [3.63, 3.8) is 0 Å². The molecule has 0 radical (unpaired) electrons. The minimum atomic E-state index is -0.470. The Kier molecular flexibility index (Phi) is 10.7. The van der Waals surface area contributed by atoms with Gasteiger partial charge >= 0.3 is 6.09 Å². The molecule has 0 spiro atoms. The summed E-state index contributed by atoms with van der Waals surface area (Å²) in [6.45, 7) is 10.8. The van der Waals surface area contributed by atoms with Crippen molar-refractivity contribution in [2.24, 2.45) is 10.7 Å². The standard InChI is InChI=1S/C21H35N5O2.HI/c1-21(2,3)28-20(27)26-15-13-25(14-16-26)19(22)23-11-8-12-24(4)17-18-9-6-5-7-10-18;/h5-7,9-10H,8,11-17H2,1-4H3,(H2,22,23);1H. The van der Waals surface area contributed by atoms with Gasteiger partial charge in [0.2, 0.25) is 0 Å². The Balaban J connectivity index is 0.00000420. The molecule has 0 unspecified atom stereocenters. The Bertz CT molecular complexity index is 640. The van der Waals surface area contributed by atoms with Gasteiger partial charge in [-0.05, 0) is 46.3 Å². The number of carbonyl (C=O) groups excluding carboxylic acids is 1. The van der Waals surface area contributed by atoms with Crippen LogP contribution >= 0.6 is 24.0 Å². The highest BCUT2D eigenvalue weighted by Gasteiger charge is 2.26. The van der Waals surface area contributed by atoms with Crippen LogP contribution in [0.4, 0.5) is 4.79 Å². The first kappa shape index (κ1) is 25.5. The van der Waals surface area contributed by atoms with Gasteiger partial charge in [0.1, 0.15) is 5.60 Å². The van der Waals surface area contributed by atoms with E-state index in [2.05, 4.69) is 41.2 Å². The smallest absolute Gasteiger partial charge is 0.410 e. The fourth-order valence-electron chi connectivity index (χ4n) is 3.05. The van der Waals surface area contributed by atoms with Crippen LogP contribution in [-0.4, -0.2) is 78.7 Å². The van der Waals surface area contributed by atoms with Crippen LogP contribution in [-0.2, 0) is 11.3 Å². The number of nitrogens with zero attached hydrogens (tertiary/aromatic N) is 4. The SMILES string of the molecule is CN(CCCN=C(N)N1CCN(C(=O)OC(C)(C)C)CC1)Cc1ccccc1.I. The topological polar surface area (TPSA) is 74.4 Å². The second-order valence-electron chi connectivity index (χ2n) is 8.27. The number of ether oxygens (including phenoxy) is 1. The third-order valence-electron chi connectivity index (χ3n) is 4.52. The monoisotopic (exact) mass is 517 g/mol. The van der Waals surface area contributed by atoms with Crippen molar-refractivity contribution in [2.75, 3.05) is 46.3 Å². The van der Waals surface area contributed by atoms with E-state index in [1.807, 2.05) is 31.7 Å². The highest BCUT2D eigenvalue weighted by molar-refractivity contribution is 14.0. The molecule has 164 valence electrons. The predicted molar refractivity (Wildman–Crippen MR) is 129 cm³/mol. The maximum atomic E-state index is 12.1. The van der Waals surface area contributed by atoms with Gasteiger partial charge < -0.3 is 25.2 Å². The van der Waals surface area contributed by atoms with E-state index in [1.165, 1.54) is 5.56 Å². The number of rotatable bonds is 6. The van der Waals surface area contributed by atoms with E-state index in [-0.39, 0.29) is 30.1 Å². The molecule has 2 N–H and O–H groups in total. The van der Waals surface area contributed by atoms with E-state index in [9.17, 15) is 4.79 Å². The summed E-state index contributed by atoms with van der Waals surface area (Å²) in [5.74, 6) is 0.564. The zero-order chi connectivity index (χ0) is 20.6. The zero-order valence-electron chi connectivity index (χ0n) is 18.1. The van der Waals surface area contributed by atoms with Gasteiger partial charge in [0, 0.05) is 39.3 Å². The van der Waals surface area contributed by atoms with Crippen LogP contribution in [0, 0.1) is 0 Å². The molecule has 0 aliphatic carbocycles. The van der Waals surface area contributed by atoms with Gasteiger partial charge in [0.25, 0.3) is 0 Å². The Morgan fingerprint density at radius 1 is 1.14 bits per heavy atom. The van der Waals surface area contributed by atoms with Crippen molar-refractivity contribution in [2.45, 2.75) is 39.3 Å². The quantitative estimate of drug-likeness (QED) is 0.272. The number of hydrogen-bond acceptors (Lipinski definition) is 4. The first-order valence-electron chi connectivity index (χ1n) is 10.00. The van der Waals surface area contributed by atoms with Crippen molar-refractivity contribution in [1.29, 1.82) is 0 Å². The minimum absolute atomic E-state index is 0. The summed E-state index contributed by atoms with van der Waals surface area (Å²) in [5, 5.41) is 0. The molecule has 1 saturated heterocycles. The molecule has 1 amide bonds. The van der Waals surface area contributed by atoms with Gasteiger partial charge in [-0.3, -0.25) is 4.99 Å². The lowest BCUT2D eigenvalue weighted by atomic mass is 10.2. The average molecular weight is 517 g/mol. The molecule has 1 aliphatic rings. The van der Waals surface area contributed by atoms with E-state index >= 15 is 0 Å². The Morgan fingerprint density at radius 2 is 1.72 bits per heavy atom. The summed E-state index contributed by atoms with van der Waals surface area (Å²) in [7, 11) is 2.12. The number of piperazine rings is 1. The van der Waals surface area contributed by atoms with E-state index in [0.29, 0.717) is 38.7 Å². The number of carbonyl (C=O) groups is 1. The fourth-order valence-corrected chi connectivity index (χ4v) is 3.05. The normalized spacial score (nSPS) is 15.3. The van der Waals surface area contributed by atoms with Crippen molar-refractivity contribution in [1.82, 2.24) is 14.7 Å². The fraction of sp³-hybridized carbons (Fsp3) is 0.619. The maximum Gasteiger partial charge on any atom is 0.410 e. The van der Waals surface area contributed by atoms with Crippen molar-refractivity contribution in [3.05, 3.63) is 35.9 Å². The van der Waals surface area contributed by atoms with E-state index < -0.39 is 5.60 Å². The minimum Gasteiger partial charge on any atom is -0.444 e. The van der Waals surface area contributed by atoms with E-state index in [0.717, 1.165) is 19.5 Å². The molecule has 2 rings (SSSR count). The highest BCUT2D eigenvalue weighted by atomic mass is 127. The number of nitrogens with two attached hydrogens (primary N) is 1. The number of aliphatic imine (C=N–C) groups is 1. The summed E-state index contributed by atoms with van der Waals surface area (Å²) < 4.78 is 5.42. The molecule has 1 fully saturated rings. The second-order valence-corrected chi connectivity index (χ2v) is 8.27. The molecular weight excluding hydrogens is 481 g/mol. The van der Waals surface area contributed by atoms with Crippen LogP contribution in [0.25, 0.3) is 0 Å². The summed E-state index contributed by atoms with van der Waals surface area (Å²) in [4.78, 5) is 22.7. The third-order valence-corrected chi connectivity index (χ3v) is 4.52. The predicted octanol–water partition coefficient (Wildman–Crippen LogP) is 2.99.